The first-order valence-corrected chi connectivity index (χ1v) is 13.4. The number of nitrogens with one attached hydrogen (secondary N) is 1. The van der Waals surface area contributed by atoms with Gasteiger partial charge in [0.25, 0.3) is 5.91 Å². The van der Waals surface area contributed by atoms with E-state index in [1.54, 1.807) is 0 Å². The second kappa shape index (κ2) is 11.0. The van der Waals surface area contributed by atoms with Gasteiger partial charge in [-0.05, 0) is 54.9 Å². The van der Waals surface area contributed by atoms with Crippen molar-refractivity contribution < 1.29 is 9.53 Å². The Bertz CT molecular complexity index is 641. The summed E-state index contributed by atoms with van der Waals surface area (Å²) >= 11 is 4.05. The molecule has 0 aromatic heterocycles. The zero-order chi connectivity index (χ0) is 19.9. The number of hydrogen-bond acceptors (Lipinski definition) is 5. The van der Waals surface area contributed by atoms with Crippen molar-refractivity contribution in [3.63, 3.8) is 0 Å². The molecule has 1 aromatic rings. The van der Waals surface area contributed by atoms with Gasteiger partial charge in [0.2, 0.25) is 0 Å². The maximum Gasteiger partial charge on any atom is 0.258 e. The highest BCUT2D eigenvalue weighted by atomic mass is 32.2. The van der Waals surface area contributed by atoms with Crippen LogP contribution in [-0.4, -0.2) is 54.1 Å². The van der Waals surface area contributed by atoms with E-state index in [1.165, 1.54) is 62.0 Å². The Hall–Kier alpha value is -0.850. The Labute approximate surface area is 183 Å². The Kier molecular flexibility index (Phi) is 8.08. The third-order valence-corrected chi connectivity index (χ3v) is 9.29. The molecule has 1 atom stereocenters. The van der Waals surface area contributed by atoms with Gasteiger partial charge in [-0.3, -0.25) is 9.69 Å². The van der Waals surface area contributed by atoms with Crippen molar-refractivity contribution in [3.05, 3.63) is 29.8 Å². The van der Waals surface area contributed by atoms with Crippen LogP contribution in [0.3, 0.4) is 0 Å². The second-order valence-corrected chi connectivity index (χ2v) is 11.2. The summed E-state index contributed by atoms with van der Waals surface area (Å²) in [6.45, 7) is 2.23. The summed E-state index contributed by atoms with van der Waals surface area (Å²) in [4.78, 5) is 15.0. The molecule has 0 bridgehead atoms. The van der Waals surface area contributed by atoms with Crippen molar-refractivity contribution in [2.45, 2.75) is 68.0 Å². The second-order valence-electron chi connectivity index (χ2n) is 8.48. The van der Waals surface area contributed by atoms with E-state index in [0.29, 0.717) is 4.58 Å². The van der Waals surface area contributed by atoms with E-state index in [0.717, 1.165) is 31.3 Å². The summed E-state index contributed by atoms with van der Waals surface area (Å²) in [5.74, 6) is 3.27. The van der Waals surface area contributed by atoms with Gasteiger partial charge in [0, 0.05) is 25.2 Å². The van der Waals surface area contributed by atoms with Gasteiger partial charge < -0.3 is 10.1 Å². The van der Waals surface area contributed by atoms with Crippen LogP contribution >= 0.6 is 23.5 Å². The third kappa shape index (κ3) is 6.31. The molecule has 4 nitrogen and oxygen atoms in total. The predicted octanol–water partition coefficient (Wildman–Crippen LogP) is 4.85. The van der Waals surface area contributed by atoms with E-state index in [9.17, 15) is 4.79 Å². The molecular formula is C23H34N2O2S2. The van der Waals surface area contributed by atoms with Crippen molar-refractivity contribution in [1.82, 2.24) is 10.2 Å². The first-order valence-electron chi connectivity index (χ1n) is 11.3. The number of benzene rings is 1. The van der Waals surface area contributed by atoms with Gasteiger partial charge in [0.15, 0.2) is 6.61 Å². The highest BCUT2D eigenvalue weighted by molar-refractivity contribution is 8.16. The molecule has 3 fully saturated rings. The highest BCUT2D eigenvalue weighted by Gasteiger charge is 2.29. The maximum absolute atomic E-state index is 12.4. The minimum atomic E-state index is 0.000171. The van der Waals surface area contributed by atoms with Crippen molar-refractivity contribution in [3.8, 4) is 5.75 Å². The first-order chi connectivity index (χ1) is 14.3. The minimum Gasteiger partial charge on any atom is -0.484 e. The molecule has 6 heteroatoms. The fraction of sp³-hybridized carbons (Fsp3) is 0.696. The molecule has 1 aliphatic carbocycles. The lowest BCUT2D eigenvalue weighted by atomic mass is 10.1. The number of thioether (sulfide) groups is 2. The number of likely N-dealkylation sites (tertiary alicyclic amines) is 1. The molecular weight excluding hydrogens is 400 g/mol. The fourth-order valence-electron chi connectivity index (χ4n) is 4.68. The topological polar surface area (TPSA) is 41.6 Å². The van der Waals surface area contributed by atoms with Crippen molar-refractivity contribution >= 4 is 29.4 Å². The summed E-state index contributed by atoms with van der Waals surface area (Å²) in [5.41, 5.74) is 1.35. The molecule has 3 aliphatic rings. The summed E-state index contributed by atoms with van der Waals surface area (Å²) in [5, 5.41) is 3.18. The number of amides is 1. The average Bonchev–Trinajstić information content (AvgIpc) is 3.05. The maximum atomic E-state index is 12.4. The summed E-state index contributed by atoms with van der Waals surface area (Å²) in [6, 6.07) is 9.30. The normalized spacial score (nSPS) is 24.9. The van der Waals surface area contributed by atoms with Crippen LogP contribution in [0.4, 0.5) is 0 Å². The Morgan fingerprint density at radius 3 is 2.45 bits per heavy atom. The molecule has 2 heterocycles. The van der Waals surface area contributed by atoms with E-state index in [1.807, 2.05) is 35.7 Å². The monoisotopic (exact) mass is 434 g/mol. The number of carbonyl (C=O) groups is 1. The predicted molar refractivity (Wildman–Crippen MR) is 124 cm³/mol. The van der Waals surface area contributed by atoms with E-state index in [-0.39, 0.29) is 18.6 Å². The molecule has 1 amide bonds. The SMILES string of the molecule is O=C(COc1ccc(C2SCCCS2)cc1)NC1CCN(C2CCCCCC2)C1. The molecule has 29 heavy (non-hydrogen) atoms. The van der Waals surface area contributed by atoms with Crippen molar-refractivity contribution in [2.75, 3.05) is 31.2 Å². The van der Waals surface area contributed by atoms with Crippen LogP contribution in [0.15, 0.2) is 24.3 Å². The zero-order valence-electron chi connectivity index (χ0n) is 17.3. The number of carbonyl (C=O) groups excluding carboxylic acids is 1. The van der Waals surface area contributed by atoms with Crippen LogP contribution in [-0.2, 0) is 4.79 Å². The molecule has 1 saturated carbocycles. The van der Waals surface area contributed by atoms with E-state index >= 15 is 0 Å². The van der Waals surface area contributed by atoms with Gasteiger partial charge in [-0.2, -0.15) is 0 Å². The molecule has 4 rings (SSSR count). The number of ether oxygens (including phenoxy) is 1. The Morgan fingerprint density at radius 2 is 1.72 bits per heavy atom. The number of rotatable bonds is 6. The lowest BCUT2D eigenvalue weighted by Crippen LogP contribution is -2.41. The van der Waals surface area contributed by atoms with Crippen LogP contribution in [0, 0.1) is 0 Å². The lowest BCUT2D eigenvalue weighted by Gasteiger charge is -2.26. The third-order valence-electron chi connectivity index (χ3n) is 6.28. The number of hydrogen-bond donors (Lipinski definition) is 1. The molecule has 2 aliphatic heterocycles. The Morgan fingerprint density at radius 1 is 1.00 bits per heavy atom. The number of nitrogens with zero attached hydrogens (tertiary/aromatic N) is 1. The molecule has 1 N–H and O–H groups in total. The standard InChI is InChI=1S/C23H34N2O2S2/c26-22(24-19-12-13-25(16-19)20-6-3-1-2-4-7-20)17-27-21-10-8-18(9-11-21)23-28-14-5-15-29-23/h8-11,19-20,23H,1-7,12-17H2,(H,24,26). The smallest absolute Gasteiger partial charge is 0.258 e. The van der Waals surface area contributed by atoms with Crippen molar-refractivity contribution in [2.24, 2.45) is 0 Å². The molecule has 2 saturated heterocycles. The highest BCUT2D eigenvalue weighted by Crippen LogP contribution is 2.43. The molecule has 1 unspecified atom stereocenters. The quantitative estimate of drug-likeness (QED) is 0.649. The van der Waals surface area contributed by atoms with E-state index in [2.05, 4.69) is 22.3 Å². The molecule has 0 spiro atoms. The van der Waals surface area contributed by atoms with Gasteiger partial charge >= 0.3 is 0 Å². The van der Waals surface area contributed by atoms with Crippen LogP contribution in [0.25, 0.3) is 0 Å². The molecule has 0 radical (unpaired) electrons. The van der Waals surface area contributed by atoms with Crippen molar-refractivity contribution in [1.29, 1.82) is 0 Å². The van der Waals surface area contributed by atoms with Gasteiger partial charge in [-0.1, -0.05) is 37.8 Å². The minimum absolute atomic E-state index is 0.000171. The zero-order valence-corrected chi connectivity index (χ0v) is 18.9. The van der Waals surface area contributed by atoms with Crippen LogP contribution in [0.5, 0.6) is 5.75 Å². The van der Waals surface area contributed by atoms with Gasteiger partial charge in [-0.15, -0.1) is 23.5 Å². The van der Waals surface area contributed by atoms with Gasteiger partial charge in [-0.25, -0.2) is 0 Å². The van der Waals surface area contributed by atoms with Gasteiger partial charge in [0.1, 0.15) is 5.75 Å². The largest absolute Gasteiger partial charge is 0.484 e. The summed E-state index contributed by atoms with van der Waals surface area (Å²) in [7, 11) is 0. The lowest BCUT2D eigenvalue weighted by molar-refractivity contribution is -0.123. The average molecular weight is 435 g/mol. The summed E-state index contributed by atoms with van der Waals surface area (Å²) < 4.78 is 6.28. The summed E-state index contributed by atoms with van der Waals surface area (Å²) in [6.07, 6.45) is 10.5. The fourth-order valence-corrected chi connectivity index (χ4v) is 7.57. The van der Waals surface area contributed by atoms with E-state index in [4.69, 9.17) is 4.74 Å². The molecule has 1 aromatic carbocycles. The van der Waals surface area contributed by atoms with Crippen LogP contribution in [0.1, 0.15) is 61.5 Å². The Balaban J connectivity index is 1.18. The van der Waals surface area contributed by atoms with Crippen LogP contribution < -0.4 is 10.1 Å². The van der Waals surface area contributed by atoms with Crippen LogP contribution in [0.2, 0.25) is 0 Å². The van der Waals surface area contributed by atoms with Gasteiger partial charge in [0.05, 0.1) is 4.58 Å². The molecule has 160 valence electrons. The first kappa shape index (κ1) is 21.4. The van der Waals surface area contributed by atoms with E-state index < -0.39 is 0 Å².